The van der Waals surface area contributed by atoms with Crippen molar-refractivity contribution < 1.29 is 5.11 Å². The van der Waals surface area contributed by atoms with Crippen molar-refractivity contribution in [1.29, 1.82) is 0 Å². The molecule has 1 aromatic carbocycles. The van der Waals surface area contributed by atoms with Crippen molar-refractivity contribution in [3.8, 4) is 10.4 Å². The van der Waals surface area contributed by atoms with Crippen molar-refractivity contribution in [2.75, 3.05) is 5.32 Å². The van der Waals surface area contributed by atoms with Crippen molar-refractivity contribution in [2.45, 2.75) is 58.5 Å². The van der Waals surface area contributed by atoms with Gasteiger partial charge in [0.2, 0.25) is 0 Å². The summed E-state index contributed by atoms with van der Waals surface area (Å²) in [4.78, 5) is 10.1. The predicted octanol–water partition coefficient (Wildman–Crippen LogP) is 6.35. The van der Waals surface area contributed by atoms with Crippen molar-refractivity contribution in [3.63, 3.8) is 0 Å². The monoisotopic (exact) mass is 407 g/mol. The average molecular weight is 408 g/mol. The lowest BCUT2D eigenvalue weighted by atomic mass is 9.78. The van der Waals surface area contributed by atoms with Gasteiger partial charge in [0.25, 0.3) is 0 Å². The van der Waals surface area contributed by atoms with Crippen LogP contribution in [0.3, 0.4) is 0 Å². The average Bonchev–Trinajstić information content (AvgIpc) is 3.19. The summed E-state index contributed by atoms with van der Waals surface area (Å²) in [5.74, 6) is 1.14. The second-order valence-corrected chi connectivity index (χ2v) is 9.47. The molecule has 0 spiro atoms. The summed E-state index contributed by atoms with van der Waals surface area (Å²) in [5.41, 5.74) is 3.62. The van der Waals surface area contributed by atoms with Crippen molar-refractivity contribution in [1.82, 2.24) is 9.97 Å². The highest BCUT2D eigenvalue weighted by molar-refractivity contribution is 7.15. The lowest BCUT2D eigenvalue weighted by Gasteiger charge is -2.33. The number of hydrogen-bond donors (Lipinski definition) is 2. The number of nitrogens with one attached hydrogen (secondary N) is 1. The summed E-state index contributed by atoms with van der Waals surface area (Å²) >= 11 is 1.61. The van der Waals surface area contributed by atoms with E-state index in [4.69, 9.17) is 0 Å². The van der Waals surface area contributed by atoms with Crippen LogP contribution in [-0.2, 0) is 5.60 Å². The first-order valence-corrected chi connectivity index (χ1v) is 11.2. The van der Waals surface area contributed by atoms with Crippen LogP contribution in [0.2, 0.25) is 0 Å². The van der Waals surface area contributed by atoms with Gasteiger partial charge in [-0.3, -0.25) is 0 Å². The van der Waals surface area contributed by atoms with E-state index in [0.717, 1.165) is 39.8 Å². The van der Waals surface area contributed by atoms with Crippen LogP contribution in [0.1, 0.15) is 55.2 Å². The Labute approximate surface area is 177 Å². The van der Waals surface area contributed by atoms with Gasteiger partial charge in [-0.15, -0.1) is 11.3 Å². The van der Waals surface area contributed by atoms with Gasteiger partial charge in [-0.1, -0.05) is 25.3 Å². The Balaban J connectivity index is 1.59. The normalized spacial score (nSPS) is 17.1. The zero-order valence-electron chi connectivity index (χ0n) is 17.4. The summed E-state index contributed by atoms with van der Waals surface area (Å²) in [6.45, 7) is 6.10. The van der Waals surface area contributed by atoms with E-state index in [1.165, 1.54) is 30.4 Å². The third-order valence-corrected chi connectivity index (χ3v) is 7.16. The van der Waals surface area contributed by atoms with Crippen LogP contribution in [0.4, 0.5) is 11.5 Å². The number of aromatic nitrogens is 2. The van der Waals surface area contributed by atoms with Gasteiger partial charge in [-0.2, -0.15) is 0 Å². The molecule has 1 saturated carbocycles. The van der Waals surface area contributed by atoms with Gasteiger partial charge in [0, 0.05) is 18.1 Å². The number of aryl methyl sites for hydroxylation is 2. The number of nitrogens with zero attached hydrogens (tertiary/aromatic N) is 2. The van der Waals surface area contributed by atoms with Crippen LogP contribution in [0.15, 0.2) is 42.7 Å². The van der Waals surface area contributed by atoms with E-state index in [0.29, 0.717) is 5.92 Å². The lowest BCUT2D eigenvalue weighted by Crippen LogP contribution is -2.33. The first-order valence-electron chi connectivity index (χ1n) is 10.4. The van der Waals surface area contributed by atoms with Gasteiger partial charge >= 0.3 is 0 Å². The zero-order valence-corrected chi connectivity index (χ0v) is 18.2. The molecular weight excluding hydrogens is 378 g/mol. The molecule has 2 aromatic heterocycles. The van der Waals surface area contributed by atoms with Crippen molar-refractivity contribution >= 4 is 22.8 Å². The van der Waals surface area contributed by atoms with Crippen LogP contribution >= 0.6 is 11.3 Å². The molecule has 4 nitrogen and oxygen atoms in total. The maximum absolute atomic E-state index is 11.2. The molecule has 152 valence electrons. The molecule has 0 aliphatic heterocycles. The third kappa shape index (κ3) is 4.51. The van der Waals surface area contributed by atoms with E-state index in [1.807, 2.05) is 31.5 Å². The quantitative estimate of drug-likeness (QED) is 0.517. The van der Waals surface area contributed by atoms with Crippen molar-refractivity contribution in [2.24, 2.45) is 5.92 Å². The van der Waals surface area contributed by atoms with E-state index < -0.39 is 5.60 Å². The van der Waals surface area contributed by atoms with Gasteiger partial charge in [-0.05, 0) is 80.5 Å². The van der Waals surface area contributed by atoms with Gasteiger partial charge in [0.15, 0.2) is 0 Å². The number of hydrogen-bond acceptors (Lipinski definition) is 5. The van der Waals surface area contributed by atoms with Crippen LogP contribution in [-0.4, -0.2) is 15.1 Å². The molecule has 2 heterocycles. The highest BCUT2D eigenvalue weighted by Gasteiger charge is 2.37. The van der Waals surface area contributed by atoms with Gasteiger partial charge in [-0.25, -0.2) is 9.97 Å². The molecule has 1 unspecified atom stereocenters. The number of aliphatic hydroxyl groups is 1. The summed E-state index contributed by atoms with van der Waals surface area (Å²) in [6.07, 6.45) is 9.59. The minimum absolute atomic E-state index is 0.303. The van der Waals surface area contributed by atoms with Gasteiger partial charge < -0.3 is 10.4 Å². The maximum atomic E-state index is 11.2. The Bertz CT molecular complexity index is 989. The Morgan fingerprint density at radius 1 is 1.03 bits per heavy atom. The summed E-state index contributed by atoms with van der Waals surface area (Å²) in [5, 5.41) is 15.5. The largest absolute Gasteiger partial charge is 0.383 e. The van der Waals surface area contributed by atoms with E-state index in [2.05, 4.69) is 47.3 Å². The minimum Gasteiger partial charge on any atom is -0.383 e. The molecule has 3 aromatic rings. The molecule has 0 amide bonds. The van der Waals surface area contributed by atoms with Crippen LogP contribution in [0.25, 0.3) is 10.4 Å². The molecule has 1 aliphatic rings. The second-order valence-electron chi connectivity index (χ2n) is 8.44. The molecule has 5 heteroatoms. The Kier molecular flexibility index (Phi) is 5.70. The van der Waals surface area contributed by atoms with E-state index in [1.54, 1.807) is 11.3 Å². The highest BCUT2D eigenvalue weighted by atomic mass is 32.1. The SMILES string of the molecule is Cc1cc(Nc2cc(C)ccn2)cc(-c2cnc(C(C)(O)C3CCCCC3)s2)c1. The predicted molar refractivity (Wildman–Crippen MR) is 121 cm³/mol. The zero-order chi connectivity index (χ0) is 20.4. The van der Waals surface area contributed by atoms with Crippen LogP contribution < -0.4 is 5.32 Å². The molecule has 2 N–H and O–H groups in total. The van der Waals surface area contributed by atoms with Crippen LogP contribution in [0, 0.1) is 19.8 Å². The fourth-order valence-electron chi connectivity index (χ4n) is 4.23. The topological polar surface area (TPSA) is 58.0 Å². The van der Waals surface area contributed by atoms with Gasteiger partial charge in [0.1, 0.15) is 16.4 Å². The molecule has 1 fully saturated rings. The number of anilines is 2. The third-order valence-electron chi connectivity index (χ3n) is 5.89. The molecule has 0 saturated heterocycles. The lowest BCUT2D eigenvalue weighted by molar-refractivity contribution is -0.0216. The number of thiazole rings is 1. The van der Waals surface area contributed by atoms with Crippen molar-refractivity contribution in [3.05, 3.63) is 58.9 Å². The fourth-order valence-corrected chi connectivity index (χ4v) is 5.26. The summed E-state index contributed by atoms with van der Waals surface area (Å²) in [7, 11) is 0. The first-order chi connectivity index (χ1) is 13.9. The fraction of sp³-hybridized carbons (Fsp3) is 0.417. The Morgan fingerprint density at radius 3 is 2.59 bits per heavy atom. The molecule has 0 radical (unpaired) electrons. The Morgan fingerprint density at radius 2 is 1.83 bits per heavy atom. The van der Waals surface area contributed by atoms with E-state index >= 15 is 0 Å². The summed E-state index contributed by atoms with van der Waals surface area (Å²) < 4.78 is 0. The molecule has 1 aliphatic carbocycles. The maximum Gasteiger partial charge on any atom is 0.130 e. The molecule has 4 rings (SSSR count). The smallest absolute Gasteiger partial charge is 0.130 e. The standard InChI is InChI=1S/C24H29N3OS/c1-16-9-10-25-22(13-16)27-20-12-17(2)11-18(14-20)21-15-26-23(29-21)24(3,28)19-7-5-4-6-8-19/h9-15,19,28H,4-8H2,1-3H3,(H,25,27). The van der Waals surface area contributed by atoms with E-state index in [9.17, 15) is 5.11 Å². The van der Waals surface area contributed by atoms with E-state index in [-0.39, 0.29) is 0 Å². The summed E-state index contributed by atoms with van der Waals surface area (Å²) in [6, 6.07) is 10.4. The number of rotatable bonds is 5. The molecule has 0 bridgehead atoms. The molecule has 29 heavy (non-hydrogen) atoms. The second kappa shape index (κ2) is 8.25. The molecular formula is C24H29N3OS. The molecule has 1 atom stereocenters. The van der Waals surface area contributed by atoms with Gasteiger partial charge in [0.05, 0.1) is 4.88 Å². The number of benzene rings is 1. The Hall–Kier alpha value is -2.24. The highest BCUT2D eigenvalue weighted by Crippen LogP contribution is 2.42. The first kappa shape index (κ1) is 20.0. The number of pyridine rings is 1. The minimum atomic E-state index is -0.847. The van der Waals surface area contributed by atoms with Crippen LogP contribution in [0.5, 0.6) is 0 Å².